The molecule has 90 valence electrons. The Kier molecular flexibility index (Phi) is 4.46. The molecule has 1 aromatic carbocycles. The van der Waals surface area contributed by atoms with Gasteiger partial charge in [0.25, 0.3) is 0 Å². The summed E-state index contributed by atoms with van der Waals surface area (Å²) in [6.45, 7) is 1.55. The van der Waals surface area contributed by atoms with Crippen LogP contribution in [0, 0.1) is 0 Å². The highest BCUT2D eigenvalue weighted by atomic mass is 79.9. The Labute approximate surface area is 108 Å². The molecule has 0 aromatic heterocycles. The Morgan fingerprint density at radius 3 is 2.62 bits per heavy atom. The van der Waals surface area contributed by atoms with E-state index < -0.39 is 10.0 Å². The smallest absolute Gasteiger partial charge is 0.232 e. The third-order valence-electron chi connectivity index (χ3n) is 1.86. The maximum atomic E-state index is 11.4. The predicted molar refractivity (Wildman–Crippen MR) is 68.8 cm³/mol. The minimum absolute atomic E-state index is 0.0136. The van der Waals surface area contributed by atoms with E-state index in [1.54, 1.807) is 13.0 Å². The van der Waals surface area contributed by atoms with Crippen LogP contribution in [0.2, 0.25) is 5.02 Å². The zero-order chi connectivity index (χ0) is 12.3. The molecule has 1 N–H and O–H groups in total. The van der Waals surface area contributed by atoms with Crippen molar-refractivity contribution in [3.8, 4) is 5.75 Å². The molecule has 0 aliphatic heterocycles. The van der Waals surface area contributed by atoms with Crippen molar-refractivity contribution in [3.63, 3.8) is 0 Å². The summed E-state index contributed by atoms with van der Waals surface area (Å²) in [6, 6.07) is 3.13. The van der Waals surface area contributed by atoms with Gasteiger partial charge in [0.1, 0.15) is 0 Å². The van der Waals surface area contributed by atoms with Crippen molar-refractivity contribution in [3.05, 3.63) is 21.6 Å². The molecule has 0 heterocycles. The summed E-state index contributed by atoms with van der Waals surface area (Å²) in [5.74, 6) is 0.390. The van der Waals surface area contributed by atoms with Crippen molar-refractivity contribution < 1.29 is 13.2 Å². The van der Waals surface area contributed by atoms with Crippen LogP contribution in [0.4, 0.5) is 5.69 Å². The van der Waals surface area contributed by atoms with Crippen molar-refractivity contribution in [1.82, 2.24) is 0 Å². The summed E-state index contributed by atoms with van der Waals surface area (Å²) >= 11 is 9.07. The van der Waals surface area contributed by atoms with Gasteiger partial charge in [0.2, 0.25) is 10.0 Å². The standard InChI is InChI=1S/C9H11BrClNO3S/c1-3-16(13,14)12-8-5-6(11)4-7(10)9(8)15-2/h4-5,12H,3H2,1-2H3. The molecule has 0 radical (unpaired) electrons. The quantitative estimate of drug-likeness (QED) is 0.924. The fourth-order valence-corrected chi connectivity index (χ4v) is 2.69. The zero-order valence-electron chi connectivity index (χ0n) is 8.75. The number of hydrogen-bond acceptors (Lipinski definition) is 3. The number of methoxy groups -OCH3 is 1. The van der Waals surface area contributed by atoms with Crippen LogP contribution in [-0.4, -0.2) is 21.3 Å². The molecule has 0 saturated carbocycles. The SMILES string of the molecule is CCS(=O)(=O)Nc1cc(Cl)cc(Br)c1OC. The van der Waals surface area contributed by atoms with Crippen molar-refractivity contribution in [2.45, 2.75) is 6.92 Å². The van der Waals surface area contributed by atoms with Gasteiger partial charge in [-0.3, -0.25) is 4.72 Å². The van der Waals surface area contributed by atoms with Crippen LogP contribution in [0.25, 0.3) is 0 Å². The third-order valence-corrected chi connectivity index (χ3v) is 3.96. The molecule has 0 fully saturated rings. The molecule has 0 amide bonds. The normalized spacial score (nSPS) is 11.2. The monoisotopic (exact) mass is 327 g/mol. The molecule has 0 bridgehead atoms. The summed E-state index contributed by atoms with van der Waals surface area (Å²) in [6.07, 6.45) is 0. The highest BCUT2D eigenvalue weighted by Crippen LogP contribution is 2.36. The second kappa shape index (κ2) is 5.25. The van der Waals surface area contributed by atoms with E-state index in [0.29, 0.717) is 20.9 Å². The predicted octanol–water partition coefficient (Wildman–Crippen LogP) is 2.87. The number of benzene rings is 1. The number of rotatable bonds is 4. The van der Waals surface area contributed by atoms with Gasteiger partial charge in [-0.25, -0.2) is 8.42 Å². The van der Waals surface area contributed by atoms with E-state index >= 15 is 0 Å². The van der Waals surface area contributed by atoms with Gasteiger partial charge in [0, 0.05) is 5.02 Å². The summed E-state index contributed by atoms with van der Waals surface area (Å²) < 4.78 is 31.0. The second-order valence-electron chi connectivity index (χ2n) is 2.97. The van der Waals surface area contributed by atoms with E-state index in [1.165, 1.54) is 13.2 Å². The second-order valence-corrected chi connectivity index (χ2v) is 6.28. The van der Waals surface area contributed by atoms with Crippen LogP contribution in [0.15, 0.2) is 16.6 Å². The van der Waals surface area contributed by atoms with Crippen molar-refractivity contribution in [1.29, 1.82) is 0 Å². The maximum Gasteiger partial charge on any atom is 0.232 e. The zero-order valence-corrected chi connectivity index (χ0v) is 11.9. The topological polar surface area (TPSA) is 55.4 Å². The number of sulfonamides is 1. The molecular formula is C9H11BrClNO3S. The fourth-order valence-electron chi connectivity index (χ4n) is 1.08. The first kappa shape index (κ1) is 13.6. The highest BCUT2D eigenvalue weighted by Gasteiger charge is 2.14. The van der Waals surface area contributed by atoms with E-state index in [2.05, 4.69) is 20.7 Å². The lowest BCUT2D eigenvalue weighted by atomic mass is 10.3. The summed E-state index contributed by atoms with van der Waals surface area (Å²) in [4.78, 5) is 0. The van der Waals surface area contributed by atoms with Gasteiger partial charge in [0.05, 0.1) is 23.0 Å². The average Bonchev–Trinajstić information content (AvgIpc) is 2.16. The molecule has 0 aliphatic carbocycles. The van der Waals surface area contributed by atoms with Crippen LogP contribution in [0.1, 0.15) is 6.92 Å². The highest BCUT2D eigenvalue weighted by molar-refractivity contribution is 9.10. The minimum atomic E-state index is -3.35. The Balaban J connectivity index is 3.22. The first-order valence-electron chi connectivity index (χ1n) is 4.43. The molecule has 0 aliphatic rings. The van der Waals surface area contributed by atoms with Crippen LogP contribution < -0.4 is 9.46 Å². The van der Waals surface area contributed by atoms with Crippen molar-refractivity contribution in [2.24, 2.45) is 0 Å². The molecule has 1 aromatic rings. The Morgan fingerprint density at radius 1 is 1.50 bits per heavy atom. The summed E-state index contributed by atoms with van der Waals surface area (Å²) in [5, 5.41) is 0.418. The lowest BCUT2D eigenvalue weighted by molar-refractivity contribution is 0.414. The molecule has 0 spiro atoms. The molecular weight excluding hydrogens is 318 g/mol. The molecule has 7 heteroatoms. The molecule has 0 atom stereocenters. The van der Waals surface area contributed by atoms with Gasteiger partial charge in [-0.05, 0) is 35.0 Å². The van der Waals surface area contributed by atoms with E-state index in [9.17, 15) is 8.42 Å². The lowest BCUT2D eigenvalue weighted by Crippen LogP contribution is -2.15. The molecule has 0 unspecified atom stereocenters. The number of anilines is 1. The van der Waals surface area contributed by atoms with Crippen LogP contribution in [-0.2, 0) is 10.0 Å². The molecule has 1 rings (SSSR count). The van der Waals surface area contributed by atoms with E-state index in [0.717, 1.165) is 0 Å². The van der Waals surface area contributed by atoms with Gasteiger partial charge >= 0.3 is 0 Å². The van der Waals surface area contributed by atoms with Crippen LogP contribution in [0.5, 0.6) is 5.75 Å². The molecule has 16 heavy (non-hydrogen) atoms. The number of halogens is 2. The Hall–Kier alpha value is -0.460. The van der Waals surface area contributed by atoms with E-state index in [-0.39, 0.29) is 5.75 Å². The number of nitrogens with one attached hydrogen (secondary N) is 1. The number of ether oxygens (including phenoxy) is 1. The van der Waals surface area contributed by atoms with Gasteiger partial charge in [-0.1, -0.05) is 11.6 Å². The van der Waals surface area contributed by atoms with Gasteiger partial charge < -0.3 is 4.74 Å². The van der Waals surface area contributed by atoms with Crippen LogP contribution in [0.3, 0.4) is 0 Å². The largest absolute Gasteiger partial charge is 0.493 e. The minimum Gasteiger partial charge on any atom is -0.493 e. The maximum absolute atomic E-state index is 11.4. The lowest BCUT2D eigenvalue weighted by Gasteiger charge is -2.12. The van der Waals surface area contributed by atoms with Gasteiger partial charge in [-0.2, -0.15) is 0 Å². The molecule has 4 nitrogen and oxygen atoms in total. The third kappa shape index (κ3) is 3.26. The Bertz CT molecular complexity index is 490. The van der Waals surface area contributed by atoms with Gasteiger partial charge in [-0.15, -0.1) is 0 Å². The first-order chi connectivity index (χ1) is 7.39. The first-order valence-corrected chi connectivity index (χ1v) is 7.25. The molecule has 0 saturated heterocycles. The summed E-state index contributed by atoms with van der Waals surface area (Å²) in [5.41, 5.74) is 0.323. The fraction of sp³-hybridized carbons (Fsp3) is 0.333. The average molecular weight is 329 g/mol. The Morgan fingerprint density at radius 2 is 2.12 bits per heavy atom. The van der Waals surface area contributed by atoms with Crippen LogP contribution >= 0.6 is 27.5 Å². The van der Waals surface area contributed by atoms with E-state index in [4.69, 9.17) is 16.3 Å². The van der Waals surface area contributed by atoms with E-state index in [1.807, 2.05) is 0 Å². The van der Waals surface area contributed by atoms with Crippen molar-refractivity contribution in [2.75, 3.05) is 17.6 Å². The number of hydrogen-bond donors (Lipinski definition) is 1. The van der Waals surface area contributed by atoms with Gasteiger partial charge in [0.15, 0.2) is 5.75 Å². The summed E-state index contributed by atoms with van der Waals surface area (Å²) in [7, 11) is -1.89. The van der Waals surface area contributed by atoms with Crippen molar-refractivity contribution >= 4 is 43.2 Å².